The molecule has 0 unspecified atom stereocenters. The predicted octanol–water partition coefficient (Wildman–Crippen LogP) is 2.73. The lowest BCUT2D eigenvalue weighted by molar-refractivity contribution is 0.653. The van der Waals surface area contributed by atoms with E-state index in [0.717, 1.165) is 24.0 Å². The number of anilines is 1. The topological polar surface area (TPSA) is 43.8 Å². The van der Waals surface area contributed by atoms with Gasteiger partial charge in [-0.1, -0.05) is 19.4 Å². The Morgan fingerprint density at radius 1 is 1.40 bits per heavy atom. The first-order valence-corrected chi connectivity index (χ1v) is 5.44. The van der Waals surface area contributed by atoms with Crippen LogP contribution < -0.4 is 5.73 Å². The molecule has 3 heteroatoms. The average molecular weight is 203 g/mol. The smallest absolute Gasteiger partial charge is 0.201 e. The van der Waals surface area contributed by atoms with Crippen molar-refractivity contribution in [2.45, 2.75) is 33.2 Å². The van der Waals surface area contributed by atoms with Gasteiger partial charge in [0.25, 0.3) is 0 Å². The maximum Gasteiger partial charge on any atom is 0.201 e. The van der Waals surface area contributed by atoms with Gasteiger partial charge in [-0.2, -0.15) is 0 Å². The van der Waals surface area contributed by atoms with Crippen LogP contribution in [0.4, 0.5) is 5.95 Å². The minimum atomic E-state index is 0.629. The molecule has 0 saturated heterocycles. The van der Waals surface area contributed by atoms with Crippen LogP contribution in [-0.4, -0.2) is 9.55 Å². The third kappa shape index (κ3) is 1.82. The molecule has 80 valence electrons. The van der Waals surface area contributed by atoms with Crippen molar-refractivity contribution in [1.82, 2.24) is 9.55 Å². The Morgan fingerprint density at radius 2 is 2.20 bits per heavy atom. The van der Waals surface area contributed by atoms with Gasteiger partial charge in [-0.05, 0) is 31.0 Å². The Kier molecular flexibility index (Phi) is 2.62. The molecular weight excluding hydrogens is 186 g/mol. The van der Waals surface area contributed by atoms with E-state index in [1.165, 1.54) is 12.0 Å². The number of nitrogens with zero attached hydrogens (tertiary/aromatic N) is 2. The fourth-order valence-corrected chi connectivity index (χ4v) is 1.81. The molecule has 0 bridgehead atoms. The van der Waals surface area contributed by atoms with E-state index in [-0.39, 0.29) is 0 Å². The second-order valence-electron chi connectivity index (χ2n) is 3.97. The third-order valence-electron chi connectivity index (χ3n) is 2.67. The van der Waals surface area contributed by atoms with Crippen LogP contribution in [0.25, 0.3) is 11.0 Å². The fourth-order valence-electron chi connectivity index (χ4n) is 1.81. The largest absolute Gasteiger partial charge is 0.369 e. The lowest BCUT2D eigenvalue weighted by Crippen LogP contribution is -2.02. The quantitative estimate of drug-likeness (QED) is 0.833. The molecule has 0 aliphatic carbocycles. The number of aryl methyl sites for hydroxylation is 2. The van der Waals surface area contributed by atoms with E-state index in [1.54, 1.807) is 0 Å². The summed E-state index contributed by atoms with van der Waals surface area (Å²) in [5.74, 6) is 0.629. The summed E-state index contributed by atoms with van der Waals surface area (Å²) in [5.41, 5.74) is 9.27. The maximum absolute atomic E-state index is 5.90. The second kappa shape index (κ2) is 3.93. The van der Waals surface area contributed by atoms with Crippen molar-refractivity contribution in [3.8, 4) is 0 Å². The Balaban J connectivity index is 2.48. The number of hydrogen-bond donors (Lipinski definition) is 1. The van der Waals surface area contributed by atoms with Gasteiger partial charge in [-0.25, -0.2) is 4.98 Å². The Labute approximate surface area is 89.9 Å². The number of aromatic nitrogens is 2. The molecule has 0 saturated carbocycles. The summed E-state index contributed by atoms with van der Waals surface area (Å²) in [5, 5.41) is 0. The molecule has 0 fully saturated rings. The lowest BCUT2D eigenvalue weighted by Gasteiger charge is -2.04. The summed E-state index contributed by atoms with van der Waals surface area (Å²) >= 11 is 0. The van der Waals surface area contributed by atoms with Gasteiger partial charge in [0.1, 0.15) is 0 Å². The van der Waals surface area contributed by atoms with Gasteiger partial charge in [0.15, 0.2) is 0 Å². The van der Waals surface area contributed by atoms with Crippen molar-refractivity contribution >= 4 is 17.0 Å². The summed E-state index contributed by atoms with van der Waals surface area (Å²) in [7, 11) is 0. The van der Waals surface area contributed by atoms with Crippen molar-refractivity contribution < 1.29 is 0 Å². The van der Waals surface area contributed by atoms with Gasteiger partial charge in [0, 0.05) is 6.54 Å². The highest BCUT2D eigenvalue weighted by molar-refractivity contribution is 5.79. The molecule has 0 aliphatic rings. The SMILES string of the molecule is CCCCn1c(N)nc2cc(C)ccc21. The molecule has 0 aliphatic heterocycles. The second-order valence-corrected chi connectivity index (χ2v) is 3.97. The van der Waals surface area contributed by atoms with Gasteiger partial charge < -0.3 is 10.3 Å². The molecule has 1 aromatic carbocycles. The molecule has 0 spiro atoms. The minimum Gasteiger partial charge on any atom is -0.369 e. The van der Waals surface area contributed by atoms with Crippen LogP contribution in [0.2, 0.25) is 0 Å². The van der Waals surface area contributed by atoms with E-state index >= 15 is 0 Å². The monoisotopic (exact) mass is 203 g/mol. The van der Waals surface area contributed by atoms with Gasteiger partial charge in [-0.15, -0.1) is 0 Å². The van der Waals surface area contributed by atoms with Crippen LogP contribution in [0, 0.1) is 6.92 Å². The van der Waals surface area contributed by atoms with Gasteiger partial charge >= 0.3 is 0 Å². The molecule has 0 atom stereocenters. The van der Waals surface area contributed by atoms with Crippen molar-refractivity contribution in [3.05, 3.63) is 23.8 Å². The van der Waals surface area contributed by atoms with Crippen LogP contribution in [0.3, 0.4) is 0 Å². The number of nitrogen functional groups attached to an aromatic ring is 1. The molecule has 3 nitrogen and oxygen atoms in total. The zero-order valence-electron chi connectivity index (χ0n) is 9.33. The summed E-state index contributed by atoms with van der Waals surface area (Å²) in [6.45, 7) is 5.21. The third-order valence-corrected chi connectivity index (χ3v) is 2.67. The van der Waals surface area contributed by atoms with Crippen LogP contribution in [0.15, 0.2) is 18.2 Å². The first-order chi connectivity index (χ1) is 7.22. The average Bonchev–Trinajstić information content (AvgIpc) is 2.50. The minimum absolute atomic E-state index is 0.629. The van der Waals surface area contributed by atoms with Gasteiger partial charge in [0.05, 0.1) is 11.0 Å². The number of rotatable bonds is 3. The molecule has 0 radical (unpaired) electrons. The Bertz CT molecular complexity index is 471. The highest BCUT2D eigenvalue weighted by Crippen LogP contribution is 2.19. The first-order valence-electron chi connectivity index (χ1n) is 5.44. The summed E-state index contributed by atoms with van der Waals surface area (Å²) in [6, 6.07) is 6.28. The summed E-state index contributed by atoms with van der Waals surface area (Å²) in [4.78, 5) is 4.37. The number of benzene rings is 1. The van der Waals surface area contributed by atoms with Gasteiger partial charge in [-0.3, -0.25) is 0 Å². The standard InChI is InChI=1S/C12H17N3/c1-3-4-7-15-11-6-5-9(2)8-10(11)14-12(15)13/h5-6,8H,3-4,7H2,1-2H3,(H2,13,14). The van der Waals surface area contributed by atoms with E-state index in [1.807, 2.05) is 0 Å². The normalized spacial score (nSPS) is 11.1. The molecule has 2 N–H and O–H groups in total. The Morgan fingerprint density at radius 3 is 2.93 bits per heavy atom. The molecule has 1 heterocycles. The highest BCUT2D eigenvalue weighted by atomic mass is 15.1. The maximum atomic E-state index is 5.90. The van der Waals surface area contributed by atoms with Crippen LogP contribution >= 0.6 is 0 Å². The molecule has 15 heavy (non-hydrogen) atoms. The van der Waals surface area contributed by atoms with Crippen LogP contribution in [0.1, 0.15) is 25.3 Å². The van der Waals surface area contributed by atoms with Crippen molar-refractivity contribution in [1.29, 1.82) is 0 Å². The van der Waals surface area contributed by atoms with E-state index in [0.29, 0.717) is 5.95 Å². The summed E-state index contributed by atoms with van der Waals surface area (Å²) in [6.07, 6.45) is 2.31. The van der Waals surface area contributed by atoms with E-state index in [4.69, 9.17) is 5.73 Å². The number of nitrogens with two attached hydrogens (primary N) is 1. The number of hydrogen-bond acceptors (Lipinski definition) is 2. The fraction of sp³-hybridized carbons (Fsp3) is 0.417. The highest BCUT2D eigenvalue weighted by Gasteiger charge is 2.06. The lowest BCUT2D eigenvalue weighted by atomic mass is 10.2. The van der Waals surface area contributed by atoms with E-state index in [9.17, 15) is 0 Å². The van der Waals surface area contributed by atoms with Crippen LogP contribution in [0.5, 0.6) is 0 Å². The molecular formula is C12H17N3. The number of unbranched alkanes of at least 4 members (excludes halogenated alkanes) is 1. The van der Waals surface area contributed by atoms with Crippen molar-refractivity contribution in [3.63, 3.8) is 0 Å². The van der Waals surface area contributed by atoms with Crippen molar-refractivity contribution in [2.75, 3.05) is 5.73 Å². The van der Waals surface area contributed by atoms with E-state index < -0.39 is 0 Å². The number of imidazole rings is 1. The van der Waals surface area contributed by atoms with Crippen LogP contribution in [-0.2, 0) is 6.54 Å². The summed E-state index contributed by atoms with van der Waals surface area (Å²) < 4.78 is 2.10. The molecule has 2 aromatic rings. The van der Waals surface area contributed by atoms with E-state index in [2.05, 4.69) is 41.6 Å². The zero-order valence-corrected chi connectivity index (χ0v) is 9.33. The first kappa shape index (κ1) is 10.0. The predicted molar refractivity (Wildman–Crippen MR) is 63.8 cm³/mol. The molecule has 1 aromatic heterocycles. The molecule has 0 amide bonds. The van der Waals surface area contributed by atoms with Gasteiger partial charge in [0.2, 0.25) is 5.95 Å². The Hall–Kier alpha value is -1.51. The zero-order chi connectivity index (χ0) is 10.8. The number of fused-ring (bicyclic) bond motifs is 1. The van der Waals surface area contributed by atoms with Crippen molar-refractivity contribution in [2.24, 2.45) is 0 Å². The molecule has 2 rings (SSSR count).